The molecule has 1 aromatic rings. The molecular formula is C14H19NO3. The van der Waals surface area contributed by atoms with Crippen LogP contribution in [0.15, 0.2) is 18.2 Å². The Labute approximate surface area is 107 Å². The molecule has 2 heterocycles. The first kappa shape index (κ1) is 11.8. The van der Waals surface area contributed by atoms with E-state index in [9.17, 15) is 5.11 Å². The van der Waals surface area contributed by atoms with Gasteiger partial charge >= 0.3 is 0 Å². The van der Waals surface area contributed by atoms with Gasteiger partial charge in [0.25, 0.3) is 0 Å². The summed E-state index contributed by atoms with van der Waals surface area (Å²) >= 11 is 0. The van der Waals surface area contributed by atoms with Gasteiger partial charge in [0.2, 0.25) is 0 Å². The highest BCUT2D eigenvalue weighted by molar-refractivity contribution is 5.45. The van der Waals surface area contributed by atoms with Crippen LogP contribution in [0.2, 0.25) is 0 Å². The zero-order chi connectivity index (χ0) is 12.5. The van der Waals surface area contributed by atoms with Crippen LogP contribution in [-0.4, -0.2) is 30.5 Å². The van der Waals surface area contributed by atoms with Gasteiger partial charge in [-0.05, 0) is 25.3 Å². The van der Waals surface area contributed by atoms with E-state index in [4.69, 9.17) is 9.47 Å². The van der Waals surface area contributed by atoms with Gasteiger partial charge in [0, 0.05) is 18.2 Å². The van der Waals surface area contributed by atoms with Crippen LogP contribution in [-0.2, 0) is 11.3 Å². The molecule has 4 nitrogen and oxygen atoms in total. The molecule has 0 spiro atoms. The van der Waals surface area contributed by atoms with E-state index in [2.05, 4.69) is 5.32 Å². The Balaban J connectivity index is 1.63. The lowest BCUT2D eigenvalue weighted by Crippen LogP contribution is -2.36. The van der Waals surface area contributed by atoms with E-state index in [-0.39, 0.29) is 5.75 Å². The Morgan fingerprint density at radius 1 is 1.44 bits per heavy atom. The van der Waals surface area contributed by atoms with Gasteiger partial charge in [-0.3, -0.25) is 0 Å². The van der Waals surface area contributed by atoms with Gasteiger partial charge in [-0.2, -0.15) is 0 Å². The van der Waals surface area contributed by atoms with E-state index in [1.807, 2.05) is 12.1 Å². The normalized spacial score (nSPS) is 29.7. The molecule has 2 bridgehead atoms. The minimum Gasteiger partial charge on any atom is -0.504 e. The molecule has 3 unspecified atom stereocenters. The van der Waals surface area contributed by atoms with Crippen LogP contribution in [0.25, 0.3) is 0 Å². The van der Waals surface area contributed by atoms with Gasteiger partial charge in [-0.1, -0.05) is 12.1 Å². The van der Waals surface area contributed by atoms with E-state index >= 15 is 0 Å². The summed E-state index contributed by atoms with van der Waals surface area (Å²) in [7, 11) is 1.57. The van der Waals surface area contributed by atoms with Crippen LogP contribution >= 0.6 is 0 Å². The fourth-order valence-electron chi connectivity index (χ4n) is 2.97. The van der Waals surface area contributed by atoms with Crippen LogP contribution < -0.4 is 10.1 Å². The third kappa shape index (κ3) is 2.06. The van der Waals surface area contributed by atoms with Crippen molar-refractivity contribution < 1.29 is 14.6 Å². The Bertz CT molecular complexity index is 435. The number of ether oxygens (including phenoxy) is 2. The lowest BCUT2D eigenvalue weighted by molar-refractivity contribution is 0.0972. The van der Waals surface area contributed by atoms with Gasteiger partial charge in [0.15, 0.2) is 11.5 Å². The molecule has 0 aromatic heterocycles. The number of methoxy groups -OCH3 is 1. The highest BCUT2D eigenvalue weighted by atomic mass is 16.5. The number of nitrogens with one attached hydrogen (secondary N) is 1. The second-order valence-corrected chi connectivity index (χ2v) is 5.06. The average Bonchev–Trinajstić information content (AvgIpc) is 3.00. The maximum Gasteiger partial charge on any atom is 0.162 e. The second kappa shape index (κ2) is 4.78. The standard InChI is InChI=1S/C14H19NO3/c1-17-13-4-2-3-9(14(13)16)8-15-11-7-10-5-6-12(11)18-10/h2-4,10-12,15-16H,5-8H2,1H3. The quantitative estimate of drug-likeness (QED) is 0.854. The molecule has 3 rings (SSSR count). The topological polar surface area (TPSA) is 50.7 Å². The van der Waals surface area contributed by atoms with E-state index in [0.717, 1.165) is 18.4 Å². The molecule has 2 aliphatic rings. The number of phenolic OH excluding ortho intramolecular Hbond substituents is 1. The van der Waals surface area contributed by atoms with E-state index in [1.165, 1.54) is 6.42 Å². The van der Waals surface area contributed by atoms with Crippen molar-refractivity contribution in [3.05, 3.63) is 23.8 Å². The minimum atomic E-state index is 0.233. The summed E-state index contributed by atoms with van der Waals surface area (Å²) in [6, 6.07) is 6.00. The van der Waals surface area contributed by atoms with Gasteiger partial charge in [-0.15, -0.1) is 0 Å². The monoisotopic (exact) mass is 249 g/mol. The SMILES string of the molecule is COc1cccc(CNC2CC3CCC2O3)c1O. The van der Waals surface area contributed by atoms with Gasteiger partial charge in [-0.25, -0.2) is 0 Å². The predicted molar refractivity (Wildman–Crippen MR) is 67.8 cm³/mol. The molecule has 0 aliphatic carbocycles. The van der Waals surface area contributed by atoms with Crippen molar-refractivity contribution in [1.82, 2.24) is 5.32 Å². The molecule has 2 N–H and O–H groups in total. The highest BCUT2D eigenvalue weighted by Gasteiger charge is 2.40. The van der Waals surface area contributed by atoms with Crippen LogP contribution in [0.4, 0.5) is 0 Å². The zero-order valence-corrected chi connectivity index (χ0v) is 10.6. The van der Waals surface area contributed by atoms with Crippen molar-refractivity contribution in [2.45, 2.75) is 44.1 Å². The molecule has 98 valence electrons. The van der Waals surface area contributed by atoms with Crippen molar-refractivity contribution >= 4 is 0 Å². The fourth-order valence-corrected chi connectivity index (χ4v) is 2.97. The van der Waals surface area contributed by atoms with E-state index in [1.54, 1.807) is 13.2 Å². The summed E-state index contributed by atoms with van der Waals surface area (Å²) in [6.07, 6.45) is 4.27. The minimum absolute atomic E-state index is 0.233. The smallest absolute Gasteiger partial charge is 0.162 e. The number of benzene rings is 1. The molecule has 1 aromatic carbocycles. The third-order valence-electron chi connectivity index (χ3n) is 3.96. The van der Waals surface area contributed by atoms with E-state index in [0.29, 0.717) is 30.5 Å². The lowest BCUT2D eigenvalue weighted by Gasteiger charge is -2.20. The number of phenols is 1. The number of para-hydroxylation sites is 1. The van der Waals surface area contributed by atoms with Crippen molar-refractivity contribution in [2.24, 2.45) is 0 Å². The first-order valence-corrected chi connectivity index (χ1v) is 6.51. The Morgan fingerprint density at radius 3 is 3.00 bits per heavy atom. The predicted octanol–water partition coefficient (Wildman–Crippen LogP) is 1.81. The largest absolute Gasteiger partial charge is 0.504 e. The molecule has 2 fully saturated rings. The summed E-state index contributed by atoms with van der Waals surface area (Å²) in [4.78, 5) is 0. The number of rotatable bonds is 4. The molecule has 0 saturated carbocycles. The average molecular weight is 249 g/mol. The molecule has 18 heavy (non-hydrogen) atoms. The first-order chi connectivity index (χ1) is 8.78. The summed E-state index contributed by atoms with van der Waals surface area (Å²) in [5, 5.41) is 13.5. The highest BCUT2D eigenvalue weighted by Crippen LogP contribution is 2.35. The van der Waals surface area contributed by atoms with Crippen LogP contribution in [0.1, 0.15) is 24.8 Å². The van der Waals surface area contributed by atoms with Crippen molar-refractivity contribution in [2.75, 3.05) is 7.11 Å². The summed E-state index contributed by atoms with van der Waals surface area (Å²) in [5.41, 5.74) is 0.872. The Kier molecular flexibility index (Phi) is 3.14. The number of hydrogen-bond acceptors (Lipinski definition) is 4. The number of fused-ring (bicyclic) bond motifs is 2. The fraction of sp³-hybridized carbons (Fsp3) is 0.571. The summed E-state index contributed by atoms with van der Waals surface area (Å²) < 4.78 is 10.9. The number of hydrogen-bond donors (Lipinski definition) is 2. The molecule has 0 radical (unpaired) electrons. The lowest BCUT2D eigenvalue weighted by atomic mass is 9.95. The maximum atomic E-state index is 10.00. The van der Waals surface area contributed by atoms with Crippen LogP contribution in [0.5, 0.6) is 11.5 Å². The first-order valence-electron chi connectivity index (χ1n) is 6.51. The van der Waals surface area contributed by atoms with Gasteiger partial charge in [0.1, 0.15) is 0 Å². The molecule has 3 atom stereocenters. The summed E-state index contributed by atoms with van der Waals surface area (Å²) in [5.74, 6) is 0.759. The Morgan fingerprint density at radius 2 is 2.33 bits per heavy atom. The third-order valence-corrected chi connectivity index (χ3v) is 3.96. The van der Waals surface area contributed by atoms with Crippen LogP contribution in [0, 0.1) is 0 Å². The van der Waals surface area contributed by atoms with Gasteiger partial charge in [0.05, 0.1) is 19.3 Å². The molecule has 0 amide bonds. The van der Waals surface area contributed by atoms with Crippen molar-refractivity contribution in [3.63, 3.8) is 0 Å². The maximum absolute atomic E-state index is 10.00. The summed E-state index contributed by atoms with van der Waals surface area (Å²) in [6.45, 7) is 0.653. The molecule has 2 aliphatic heterocycles. The Hall–Kier alpha value is -1.26. The molecular weight excluding hydrogens is 230 g/mol. The molecule has 2 saturated heterocycles. The van der Waals surface area contributed by atoms with E-state index < -0.39 is 0 Å². The van der Waals surface area contributed by atoms with Crippen LogP contribution in [0.3, 0.4) is 0 Å². The second-order valence-electron chi connectivity index (χ2n) is 5.06. The molecule has 4 heteroatoms. The van der Waals surface area contributed by atoms with Crippen molar-refractivity contribution in [1.29, 1.82) is 0 Å². The van der Waals surface area contributed by atoms with Crippen molar-refractivity contribution in [3.8, 4) is 11.5 Å². The number of aromatic hydroxyl groups is 1. The zero-order valence-electron chi connectivity index (χ0n) is 10.6. The van der Waals surface area contributed by atoms with Gasteiger partial charge < -0.3 is 19.9 Å².